The first-order chi connectivity index (χ1) is 7.06. The van der Waals surface area contributed by atoms with Crippen molar-refractivity contribution in [2.45, 2.75) is 26.2 Å². The fourth-order valence-electron chi connectivity index (χ4n) is 1.15. The van der Waals surface area contributed by atoms with Crippen molar-refractivity contribution in [2.24, 2.45) is 5.92 Å². The molecule has 1 atom stereocenters. The summed E-state index contributed by atoms with van der Waals surface area (Å²) in [5, 5.41) is 0.567. The molecule has 0 aromatic heterocycles. The van der Waals surface area contributed by atoms with Gasteiger partial charge in [-0.2, -0.15) is 12.6 Å². The van der Waals surface area contributed by atoms with E-state index in [0.29, 0.717) is 17.2 Å². The number of amides is 2. The van der Waals surface area contributed by atoms with Crippen molar-refractivity contribution in [3.05, 3.63) is 0 Å². The van der Waals surface area contributed by atoms with Crippen LogP contribution >= 0.6 is 12.6 Å². The number of hydroxylamine groups is 2. The zero-order valence-corrected chi connectivity index (χ0v) is 9.33. The van der Waals surface area contributed by atoms with Gasteiger partial charge in [0.2, 0.25) is 0 Å². The summed E-state index contributed by atoms with van der Waals surface area (Å²) in [4.78, 5) is 38.3. The van der Waals surface area contributed by atoms with Crippen molar-refractivity contribution < 1.29 is 19.2 Å². The highest BCUT2D eigenvalue weighted by atomic mass is 32.1. The summed E-state index contributed by atoms with van der Waals surface area (Å²) in [7, 11) is 0. The summed E-state index contributed by atoms with van der Waals surface area (Å²) in [5.74, 6) is -1.27. The minimum atomic E-state index is -0.562. The van der Waals surface area contributed by atoms with E-state index in [4.69, 9.17) is 4.84 Å². The normalized spacial score (nSPS) is 18.1. The lowest BCUT2D eigenvalue weighted by Gasteiger charge is -2.15. The Morgan fingerprint density at radius 2 is 2.00 bits per heavy atom. The highest BCUT2D eigenvalue weighted by Gasteiger charge is 2.33. The predicted molar refractivity (Wildman–Crippen MR) is 54.8 cm³/mol. The molecule has 0 radical (unpaired) electrons. The molecule has 5 nitrogen and oxygen atoms in total. The summed E-state index contributed by atoms with van der Waals surface area (Å²) >= 11 is 3.98. The Bertz CT molecular complexity index is 276. The van der Waals surface area contributed by atoms with E-state index in [1.165, 1.54) is 0 Å². The fraction of sp³-hybridized carbons (Fsp3) is 0.667. The minimum absolute atomic E-state index is 0.118. The predicted octanol–water partition coefficient (Wildman–Crippen LogP) is 0.550. The van der Waals surface area contributed by atoms with E-state index in [0.717, 1.165) is 0 Å². The van der Waals surface area contributed by atoms with Gasteiger partial charge in [-0.15, -0.1) is 5.06 Å². The van der Waals surface area contributed by atoms with Gasteiger partial charge < -0.3 is 4.84 Å². The fourth-order valence-corrected chi connectivity index (χ4v) is 1.54. The van der Waals surface area contributed by atoms with Gasteiger partial charge >= 0.3 is 5.97 Å². The van der Waals surface area contributed by atoms with Crippen molar-refractivity contribution in [3.63, 3.8) is 0 Å². The van der Waals surface area contributed by atoms with Crippen molar-refractivity contribution in [1.82, 2.24) is 5.06 Å². The number of carbonyl (C=O) groups is 3. The first-order valence-corrected chi connectivity index (χ1v) is 5.38. The van der Waals surface area contributed by atoms with E-state index in [-0.39, 0.29) is 18.8 Å². The van der Waals surface area contributed by atoms with Gasteiger partial charge in [-0.3, -0.25) is 9.59 Å². The SMILES string of the molecule is CC(CCS)C(=O)ON1C(=O)CCC1=O. The molecule has 1 saturated heterocycles. The maximum Gasteiger partial charge on any atom is 0.336 e. The standard InChI is InChI=1S/C9H13NO4S/c1-6(4-5-15)9(13)14-10-7(11)2-3-8(10)12/h6,15H,2-5H2,1H3. The third-order valence-electron chi connectivity index (χ3n) is 2.15. The lowest BCUT2D eigenvalue weighted by atomic mass is 10.1. The topological polar surface area (TPSA) is 63.7 Å². The van der Waals surface area contributed by atoms with Crippen LogP contribution in [0.25, 0.3) is 0 Å². The number of thiol groups is 1. The molecule has 1 heterocycles. The molecule has 6 heteroatoms. The zero-order chi connectivity index (χ0) is 11.4. The molecule has 84 valence electrons. The van der Waals surface area contributed by atoms with Crippen LogP contribution < -0.4 is 0 Å². The Labute approximate surface area is 93.1 Å². The average Bonchev–Trinajstić information content (AvgIpc) is 2.49. The molecule has 1 aliphatic rings. The summed E-state index contributed by atoms with van der Waals surface area (Å²) in [6.07, 6.45) is 0.790. The number of carbonyl (C=O) groups excluding carboxylic acids is 3. The molecule has 0 aliphatic carbocycles. The second-order valence-electron chi connectivity index (χ2n) is 3.41. The van der Waals surface area contributed by atoms with Crippen LogP contribution in [0.3, 0.4) is 0 Å². The van der Waals surface area contributed by atoms with Crippen molar-refractivity contribution in [3.8, 4) is 0 Å². The number of rotatable bonds is 4. The van der Waals surface area contributed by atoms with Gasteiger partial charge in [-0.25, -0.2) is 4.79 Å². The number of hydrogen-bond acceptors (Lipinski definition) is 5. The van der Waals surface area contributed by atoms with Crippen LogP contribution in [-0.4, -0.2) is 28.6 Å². The van der Waals surface area contributed by atoms with Gasteiger partial charge in [0, 0.05) is 12.8 Å². The highest BCUT2D eigenvalue weighted by Crippen LogP contribution is 2.15. The number of hydrogen-bond donors (Lipinski definition) is 1. The zero-order valence-electron chi connectivity index (χ0n) is 8.43. The first kappa shape index (κ1) is 12.0. The van der Waals surface area contributed by atoms with Crippen LogP contribution in [0.1, 0.15) is 26.2 Å². The summed E-state index contributed by atoms with van der Waals surface area (Å²) in [6.45, 7) is 1.67. The van der Waals surface area contributed by atoms with Crippen LogP contribution in [0.4, 0.5) is 0 Å². The van der Waals surface area contributed by atoms with Gasteiger partial charge in [0.25, 0.3) is 11.8 Å². The molecule has 0 spiro atoms. The monoisotopic (exact) mass is 231 g/mol. The van der Waals surface area contributed by atoms with Crippen LogP contribution in [-0.2, 0) is 19.2 Å². The second kappa shape index (κ2) is 5.16. The smallest absolute Gasteiger partial charge is 0.330 e. The minimum Gasteiger partial charge on any atom is -0.330 e. The molecule has 2 amide bonds. The van der Waals surface area contributed by atoms with E-state index >= 15 is 0 Å². The Hall–Kier alpha value is -1.04. The van der Waals surface area contributed by atoms with Gasteiger partial charge in [-0.05, 0) is 12.2 Å². The molecule has 15 heavy (non-hydrogen) atoms. The Morgan fingerprint density at radius 1 is 1.47 bits per heavy atom. The van der Waals surface area contributed by atoms with Crippen LogP contribution in [0.2, 0.25) is 0 Å². The summed E-state index contributed by atoms with van der Waals surface area (Å²) in [6, 6.07) is 0. The van der Waals surface area contributed by atoms with E-state index in [9.17, 15) is 14.4 Å². The lowest BCUT2D eigenvalue weighted by Crippen LogP contribution is -2.34. The molecule has 0 bridgehead atoms. The van der Waals surface area contributed by atoms with Gasteiger partial charge in [0.15, 0.2) is 0 Å². The highest BCUT2D eigenvalue weighted by molar-refractivity contribution is 7.80. The van der Waals surface area contributed by atoms with E-state index in [1.54, 1.807) is 6.92 Å². The molecular weight excluding hydrogens is 218 g/mol. The van der Waals surface area contributed by atoms with Crippen molar-refractivity contribution in [2.75, 3.05) is 5.75 Å². The Kier molecular flexibility index (Phi) is 4.14. The first-order valence-electron chi connectivity index (χ1n) is 4.74. The lowest BCUT2D eigenvalue weighted by molar-refractivity contribution is -0.200. The quantitative estimate of drug-likeness (QED) is 0.567. The van der Waals surface area contributed by atoms with Crippen molar-refractivity contribution in [1.29, 1.82) is 0 Å². The third-order valence-corrected chi connectivity index (χ3v) is 2.41. The van der Waals surface area contributed by atoms with Crippen molar-refractivity contribution >= 4 is 30.4 Å². The molecule has 0 saturated carbocycles. The molecule has 1 aliphatic heterocycles. The molecular formula is C9H13NO4S. The second-order valence-corrected chi connectivity index (χ2v) is 3.85. The molecule has 1 fully saturated rings. The molecule has 1 rings (SSSR count). The number of nitrogens with zero attached hydrogens (tertiary/aromatic N) is 1. The maximum absolute atomic E-state index is 11.4. The van der Waals surface area contributed by atoms with Crippen LogP contribution in [0.5, 0.6) is 0 Å². The largest absolute Gasteiger partial charge is 0.336 e. The molecule has 0 N–H and O–H groups in total. The van der Waals surface area contributed by atoms with E-state index in [2.05, 4.69) is 12.6 Å². The number of imide groups is 1. The molecule has 0 aromatic rings. The van der Waals surface area contributed by atoms with Gasteiger partial charge in [0.05, 0.1) is 5.92 Å². The summed E-state index contributed by atoms with van der Waals surface area (Å²) in [5.41, 5.74) is 0. The summed E-state index contributed by atoms with van der Waals surface area (Å²) < 4.78 is 0. The molecule has 0 aromatic carbocycles. The van der Waals surface area contributed by atoms with E-state index < -0.39 is 17.8 Å². The Morgan fingerprint density at radius 3 is 2.47 bits per heavy atom. The van der Waals surface area contributed by atoms with Gasteiger partial charge in [0.1, 0.15) is 0 Å². The third kappa shape index (κ3) is 2.95. The average molecular weight is 231 g/mol. The molecule has 1 unspecified atom stereocenters. The van der Waals surface area contributed by atoms with E-state index in [1.807, 2.05) is 0 Å². The van der Waals surface area contributed by atoms with Crippen LogP contribution in [0, 0.1) is 5.92 Å². The van der Waals surface area contributed by atoms with Gasteiger partial charge in [-0.1, -0.05) is 6.92 Å². The maximum atomic E-state index is 11.4. The van der Waals surface area contributed by atoms with Crippen LogP contribution in [0.15, 0.2) is 0 Å². The Balaban J connectivity index is 2.50.